The topological polar surface area (TPSA) is 91.1 Å². The van der Waals surface area contributed by atoms with Gasteiger partial charge in [-0.25, -0.2) is 0 Å². The second-order valence-electron chi connectivity index (χ2n) is 3.97. The molecule has 2 rings (SSSR count). The number of anilines is 1. The average Bonchev–Trinajstić information content (AvgIpc) is 2.45. The van der Waals surface area contributed by atoms with Crippen molar-refractivity contribution in [3.8, 4) is 0 Å². The van der Waals surface area contributed by atoms with Crippen LogP contribution in [0.1, 0.15) is 0 Å². The monoisotopic (exact) mass is 291 g/mol. The highest BCUT2D eigenvalue weighted by Crippen LogP contribution is 2.21. The second kappa shape index (κ2) is 5.81. The second-order valence-corrected chi connectivity index (χ2v) is 5.39. The van der Waals surface area contributed by atoms with Gasteiger partial charge in [0.15, 0.2) is 0 Å². The van der Waals surface area contributed by atoms with E-state index in [2.05, 4.69) is 15.5 Å². The first-order chi connectivity index (χ1) is 9.49. The lowest BCUT2D eigenvalue weighted by atomic mass is 10.3. The van der Waals surface area contributed by atoms with E-state index < -0.39 is 10.1 Å². The van der Waals surface area contributed by atoms with Crippen molar-refractivity contribution in [2.24, 2.45) is 10.2 Å². The van der Waals surface area contributed by atoms with E-state index >= 15 is 0 Å². The zero-order chi connectivity index (χ0) is 14.6. The molecule has 2 aromatic carbocycles. The lowest BCUT2D eigenvalue weighted by Gasteiger charge is -1.99. The fourth-order valence-electron chi connectivity index (χ4n) is 1.50. The Morgan fingerprint density at radius 3 is 1.75 bits per heavy atom. The molecule has 0 bridgehead atoms. The Hall–Kier alpha value is -2.25. The Kier molecular flexibility index (Phi) is 4.11. The summed E-state index contributed by atoms with van der Waals surface area (Å²) in [6.07, 6.45) is 0. The molecule has 0 spiro atoms. The number of hydrogen-bond donors (Lipinski definition) is 2. The van der Waals surface area contributed by atoms with Crippen LogP contribution in [0.15, 0.2) is 63.7 Å². The molecule has 0 radical (unpaired) electrons. The van der Waals surface area contributed by atoms with Crippen LogP contribution in [0.3, 0.4) is 0 Å². The van der Waals surface area contributed by atoms with Gasteiger partial charge in [0, 0.05) is 12.7 Å². The van der Waals surface area contributed by atoms with Gasteiger partial charge < -0.3 is 5.32 Å². The third kappa shape index (κ3) is 3.62. The molecular weight excluding hydrogens is 278 g/mol. The van der Waals surface area contributed by atoms with Gasteiger partial charge >= 0.3 is 0 Å². The Morgan fingerprint density at radius 2 is 1.35 bits per heavy atom. The molecule has 0 aromatic heterocycles. The molecule has 0 atom stereocenters. The maximum atomic E-state index is 10.9. The molecule has 104 valence electrons. The molecular formula is C13H13N3O3S. The van der Waals surface area contributed by atoms with Gasteiger partial charge in [0.25, 0.3) is 10.1 Å². The summed E-state index contributed by atoms with van der Waals surface area (Å²) in [5.74, 6) is 0. The zero-order valence-corrected chi connectivity index (χ0v) is 11.5. The van der Waals surface area contributed by atoms with Gasteiger partial charge in [-0.15, -0.1) is 0 Å². The van der Waals surface area contributed by atoms with Gasteiger partial charge in [-0.1, -0.05) is 0 Å². The molecule has 0 aliphatic heterocycles. The number of azo groups is 1. The minimum absolute atomic E-state index is 0.171. The van der Waals surface area contributed by atoms with E-state index in [1.807, 2.05) is 31.3 Å². The number of benzene rings is 2. The van der Waals surface area contributed by atoms with Crippen molar-refractivity contribution in [2.75, 3.05) is 12.4 Å². The maximum Gasteiger partial charge on any atom is 0.294 e. The normalized spacial score (nSPS) is 11.7. The van der Waals surface area contributed by atoms with Crippen LogP contribution in [-0.4, -0.2) is 20.0 Å². The highest BCUT2D eigenvalue weighted by atomic mass is 32.2. The third-order valence-electron chi connectivity index (χ3n) is 2.57. The van der Waals surface area contributed by atoms with Gasteiger partial charge in [0.05, 0.1) is 16.3 Å². The predicted octanol–water partition coefficient (Wildman–Crippen LogP) is 3.39. The molecule has 20 heavy (non-hydrogen) atoms. The van der Waals surface area contributed by atoms with Gasteiger partial charge in [0.2, 0.25) is 0 Å². The molecule has 7 heteroatoms. The fraction of sp³-hybridized carbons (Fsp3) is 0.0769. The van der Waals surface area contributed by atoms with Crippen LogP contribution < -0.4 is 5.32 Å². The Labute approximate surface area is 116 Å². The summed E-state index contributed by atoms with van der Waals surface area (Å²) in [5.41, 5.74) is 2.15. The van der Waals surface area contributed by atoms with E-state index in [1.54, 1.807) is 0 Å². The van der Waals surface area contributed by atoms with Crippen LogP contribution in [0.2, 0.25) is 0 Å². The quantitative estimate of drug-likeness (QED) is 0.667. The molecule has 0 unspecified atom stereocenters. The van der Waals surface area contributed by atoms with Crippen molar-refractivity contribution < 1.29 is 13.0 Å². The molecule has 0 saturated heterocycles. The van der Waals surface area contributed by atoms with Crippen molar-refractivity contribution in [1.82, 2.24) is 0 Å². The fourth-order valence-corrected chi connectivity index (χ4v) is 1.98. The van der Waals surface area contributed by atoms with Crippen molar-refractivity contribution in [1.29, 1.82) is 0 Å². The molecule has 0 fully saturated rings. The van der Waals surface area contributed by atoms with E-state index in [0.717, 1.165) is 5.69 Å². The van der Waals surface area contributed by atoms with Crippen LogP contribution in [0.4, 0.5) is 17.1 Å². The summed E-state index contributed by atoms with van der Waals surface area (Å²) >= 11 is 0. The lowest BCUT2D eigenvalue weighted by molar-refractivity contribution is 0.483. The minimum atomic E-state index is -4.17. The third-order valence-corrected chi connectivity index (χ3v) is 3.44. The summed E-state index contributed by atoms with van der Waals surface area (Å²) < 4.78 is 30.6. The van der Waals surface area contributed by atoms with E-state index in [-0.39, 0.29) is 4.90 Å². The van der Waals surface area contributed by atoms with Crippen LogP contribution in [0, 0.1) is 0 Å². The standard InChI is InChI=1S/C13H13N3O3S/c1-14-10-2-4-11(5-3-10)15-16-12-6-8-13(9-7-12)20(17,18)19/h2-9,14H,1H3,(H,17,18,19)/b16-15+. The largest absolute Gasteiger partial charge is 0.388 e. The Morgan fingerprint density at radius 1 is 0.900 bits per heavy atom. The molecule has 2 aromatic rings. The van der Waals surface area contributed by atoms with E-state index in [1.165, 1.54) is 24.3 Å². The van der Waals surface area contributed by atoms with Gasteiger partial charge in [-0.3, -0.25) is 4.55 Å². The minimum Gasteiger partial charge on any atom is -0.388 e. The number of nitrogens with one attached hydrogen (secondary N) is 1. The molecule has 0 heterocycles. The SMILES string of the molecule is CNc1ccc(/N=N/c2ccc(S(=O)(=O)O)cc2)cc1. The first-order valence-electron chi connectivity index (χ1n) is 5.76. The summed E-state index contributed by atoms with van der Waals surface area (Å²) in [6, 6.07) is 12.8. The van der Waals surface area contributed by atoms with Gasteiger partial charge in [-0.2, -0.15) is 18.6 Å². The number of nitrogens with zero attached hydrogens (tertiary/aromatic N) is 2. The molecule has 0 saturated carbocycles. The Balaban J connectivity index is 2.14. The number of rotatable bonds is 4. The lowest BCUT2D eigenvalue weighted by Crippen LogP contribution is -1.96. The zero-order valence-electron chi connectivity index (χ0n) is 10.7. The van der Waals surface area contributed by atoms with E-state index in [9.17, 15) is 8.42 Å². The first kappa shape index (κ1) is 14.2. The molecule has 6 nitrogen and oxygen atoms in total. The van der Waals surface area contributed by atoms with Crippen LogP contribution >= 0.6 is 0 Å². The smallest absolute Gasteiger partial charge is 0.294 e. The van der Waals surface area contributed by atoms with Crippen molar-refractivity contribution in [3.05, 3.63) is 48.5 Å². The Bertz CT molecular complexity index is 708. The summed E-state index contributed by atoms with van der Waals surface area (Å²) in [6.45, 7) is 0. The molecule has 0 aliphatic rings. The highest BCUT2D eigenvalue weighted by Gasteiger charge is 2.07. The average molecular weight is 291 g/mol. The maximum absolute atomic E-state index is 10.9. The van der Waals surface area contributed by atoms with Gasteiger partial charge in [0.1, 0.15) is 0 Å². The van der Waals surface area contributed by atoms with Crippen molar-refractivity contribution in [2.45, 2.75) is 4.90 Å². The molecule has 2 N–H and O–H groups in total. The summed E-state index contributed by atoms with van der Waals surface area (Å²) in [7, 11) is -2.35. The summed E-state index contributed by atoms with van der Waals surface area (Å²) in [4.78, 5) is -0.171. The van der Waals surface area contributed by atoms with Crippen molar-refractivity contribution in [3.63, 3.8) is 0 Å². The van der Waals surface area contributed by atoms with Crippen LogP contribution in [0.5, 0.6) is 0 Å². The van der Waals surface area contributed by atoms with Crippen molar-refractivity contribution >= 4 is 27.2 Å². The predicted molar refractivity (Wildman–Crippen MR) is 76.4 cm³/mol. The van der Waals surface area contributed by atoms with Gasteiger partial charge in [-0.05, 0) is 48.5 Å². The van der Waals surface area contributed by atoms with Crippen LogP contribution in [-0.2, 0) is 10.1 Å². The van der Waals surface area contributed by atoms with E-state index in [4.69, 9.17) is 4.55 Å². The van der Waals surface area contributed by atoms with Crippen LogP contribution in [0.25, 0.3) is 0 Å². The molecule has 0 aliphatic carbocycles. The number of hydrogen-bond acceptors (Lipinski definition) is 5. The highest BCUT2D eigenvalue weighted by molar-refractivity contribution is 7.85. The molecule has 0 amide bonds. The first-order valence-corrected chi connectivity index (χ1v) is 7.20. The summed E-state index contributed by atoms with van der Waals surface area (Å²) in [5, 5.41) is 11.0. The van der Waals surface area contributed by atoms with E-state index in [0.29, 0.717) is 11.4 Å².